The van der Waals surface area contributed by atoms with Crippen LogP contribution in [0.5, 0.6) is 0 Å². The van der Waals surface area contributed by atoms with E-state index in [-0.39, 0.29) is 5.91 Å². The number of aryl methyl sites for hydroxylation is 2. The number of carbonyl (C=O) groups is 1. The Kier molecular flexibility index (Phi) is 5.62. The van der Waals surface area contributed by atoms with Crippen molar-refractivity contribution in [2.24, 2.45) is 0 Å². The van der Waals surface area contributed by atoms with Gasteiger partial charge in [0.2, 0.25) is 5.91 Å². The Morgan fingerprint density at radius 1 is 1.08 bits per heavy atom. The van der Waals surface area contributed by atoms with E-state index in [1.54, 1.807) is 6.20 Å². The molecule has 0 bridgehead atoms. The van der Waals surface area contributed by atoms with E-state index in [1.165, 1.54) is 16.7 Å². The molecule has 0 unspecified atom stereocenters. The molecule has 1 heterocycles. The van der Waals surface area contributed by atoms with Gasteiger partial charge in [-0.2, -0.15) is 5.10 Å². The van der Waals surface area contributed by atoms with Gasteiger partial charge in [0.05, 0.1) is 6.54 Å². The lowest BCUT2D eigenvalue weighted by atomic mass is 10.1. The SMILES string of the molecule is Cc1cccc(CCC(=O)NCc2ccccc2Cn2cccn2)c1. The van der Waals surface area contributed by atoms with Crippen LogP contribution in [-0.2, 0) is 24.3 Å². The first kappa shape index (κ1) is 17.0. The van der Waals surface area contributed by atoms with E-state index < -0.39 is 0 Å². The Labute approximate surface area is 148 Å². The van der Waals surface area contributed by atoms with Crippen molar-refractivity contribution in [1.29, 1.82) is 0 Å². The molecule has 0 aliphatic heterocycles. The molecule has 4 nitrogen and oxygen atoms in total. The smallest absolute Gasteiger partial charge is 0.220 e. The molecule has 0 fully saturated rings. The average Bonchev–Trinajstić information content (AvgIpc) is 3.12. The predicted molar refractivity (Wildman–Crippen MR) is 99.1 cm³/mol. The number of nitrogens with zero attached hydrogens (tertiary/aromatic N) is 2. The van der Waals surface area contributed by atoms with Crippen LogP contribution >= 0.6 is 0 Å². The molecule has 3 rings (SSSR count). The predicted octanol–water partition coefficient (Wildman–Crippen LogP) is 3.49. The summed E-state index contributed by atoms with van der Waals surface area (Å²) in [6.45, 7) is 3.33. The number of carbonyl (C=O) groups excluding carboxylic acids is 1. The fourth-order valence-corrected chi connectivity index (χ4v) is 2.86. The molecule has 1 amide bonds. The lowest BCUT2D eigenvalue weighted by Crippen LogP contribution is -2.23. The summed E-state index contributed by atoms with van der Waals surface area (Å²) in [6, 6.07) is 18.4. The van der Waals surface area contributed by atoms with Gasteiger partial charge in [-0.25, -0.2) is 0 Å². The van der Waals surface area contributed by atoms with Gasteiger partial charge >= 0.3 is 0 Å². The number of benzene rings is 2. The van der Waals surface area contributed by atoms with E-state index in [9.17, 15) is 4.79 Å². The third kappa shape index (κ3) is 5.05. The summed E-state index contributed by atoms with van der Waals surface area (Å²) < 4.78 is 1.89. The number of hydrogen-bond donors (Lipinski definition) is 1. The minimum Gasteiger partial charge on any atom is -0.352 e. The molecule has 1 N–H and O–H groups in total. The summed E-state index contributed by atoms with van der Waals surface area (Å²) in [6.07, 6.45) is 4.99. The van der Waals surface area contributed by atoms with Crippen LogP contribution in [0, 0.1) is 6.92 Å². The Hall–Kier alpha value is -2.88. The molecule has 1 aromatic heterocycles. The molecule has 25 heavy (non-hydrogen) atoms. The summed E-state index contributed by atoms with van der Waals surface area (Å²) in [5.74, 6) is 0.0791. The Morgan fingerprint density at radius 3 is 2.68 bits per heavy atom. The van der Waals surface area contributed by atoms with Gasteiger partial charge in [0, 0.05) is 25.4 Å². The van der Waals surface area contributed by atoms with Crippen molar-refractivity contribution in [3.8, 4) is 0 Å². The molecule has 0 atom stereocenters. The van der Waals surface area contributed by atoms with E-state index in [1.807, 2.05) is 35.1 Å². The maximum Gasteiger partial charge on any atom is 0.220 e. The quantitative estimate of drug-likeness (QED) is 0.719. The monoisotopic (exact) mass is 333 g/mol. The van der Waals surface area contributed by atoms with Crippen LogP contribution in [0.2, 0.25) is 0 Å². The number of amides is 1. The Morgan fingerprint density at radius 2 is 1.92 bits per heavy atom. The van der Waals surface area contributed by atoms with Gasteiger partial charge in [0.15, 0.2) is 0 Å². The number of rotatable bonds is 7. The van der Waals surface area contributed by atoms with Crippen LogP contribution in [0.25, 0.3) is 0 Å². The van der Waals surface area contributed by atoms with Gasteiger partial charge in [0.25, 0.3) is 0 Å². The zero-order valence-electron chi connectivity index (χ0n) is 14.5. The van der Waals surface area contributed by atoms with Crippen molar-refractivity contribution in [1.82, 2.24) is 15.1 Å². The van der Waals surface area contributed by atoms with Crippen LogP contribution in [0.4, 0.5) is 0 Å². The molecule has 0 aliphatic carbocycles. The highest BCUT2D eigenvalue weighted by Crippen LogP contribution is 2.11. The Bertz CT molecular complexity index is 825. The van der Waals surface area contributed by atoms with Crippen molar-refractivity contribution >= 4 is 5.91 Å². The van der Waals surface area contributed by atoms with Crippen LogP contribution in [-0.4, -0.2) is 15.7 Å². The van der Waals surface area contributed by atoms with E-state index in [4.69, 9.17) is 0 Å². The summed E-state index contributed by atoms with van der Waals surface area (Å²) in [5, 5.41) is 7.28. The normalized spacial score (nSPS) is 10.6. The van der Waals surface area contributed by atoms with Crippen molar-refractivity contribution in [3.05, 3.63) is 89.2 Å². The molecule has 0 saturated heterocycles. The fourth-order valence-electron chi connectivity index (χ4n) is 2.86. The second-order valence-electron chi connectivity index (χ2n) is 6.24. The van der Waals surface area contributed by atoms with Crippen molar-refractivity contribution in [3.63, 3.8) is 0 Å². The van der Waals surface area contributed by atoms with E-state index >= 15 is 0 Å². The lowest BCUT2D eigenvalue weighted by Gasteiger charge is -2.11. The van der Waals surface area contributed by atoms with E-state index in [0.717, 1.165) is 12.0 Å². The molecule has 0 spiro atoms. The molecular weight excluding hydrogens is 310 g/mol. The van der Waals surface area contributed by atoms with Gasteiger partial charge in [-0.05, 0) is 36.1 Å². The minimum absolute atomic E-state index is 0.0791. The lowest BCUT2D eigenvalue weighted by molar-refractivity contribution is -0.121. The van der Waals surface area contributed by atoms with Crippen LogP contribution in [0.15, 0.2) is 67.0 Å². The van der Waals surface area contributed by atoms with Gasteiger partial charge in [-0.3, -0.25) is 9.48 Å². The molecule has 0 aliphatic rings. The van der Waals surface area contributed by atoms with Crippen LogP contribution in [0.3, 0.4) is 0 Å². The molecule has 4 heteroatoms. The number of aromatic nitrogens is 2. The zero-order valence-corrected chi connectivity index (χ0v) is 14.5. The maximum atomic E-state index is 12.2. The van der Waals surface area contributed by atoms with Crippen molar-refractivity contribution in [2.45, 2.75) is 32.9 Å². The highest BCUT2D eigenvalue weighted by atomic mass is 16.1. The molecule has 0 saturated carbocycles. The standard InChI is InChI=1S/C21H23N3O/c1-17-6-4-7-18(14-17)10-11-21(25)22-15-19-8-2-3-9-20(19)16-24-13-5-12-23-24/h2-9,12-14H,10-11,15-16H2,1H3,(H,22,25). The third-order valence-corrected chi connectivity index (χ3v) is 4.21. The fraction of sp³-hybridized carbons (Fsp3) is 0.238. The highest BCUT2D eigenvalue weighted by Gasteiger charge is 2.06. The van der Waals surface area contributed by atoms with Crippen molar-refractivity contribution in [2.75, 3.05) is 0 Å². The minimum atomic E-state index is 0.0791. The van der Waals surface area contributed by atoms with Gasteiger partial charge in [-0.15, -0.1) is 0 Å². The second kappa shape index (κ2) is 8.29. The molecule has 0 radical (unpaired) electrons. The molecule has 2 aromatic carbocycles. The summed E-state index contributed by atoms with van der Waals surface area (Å²) in [5.41, 5.74) is 4.73. The molecular formula is C21H23N3O. The summed E-state index contributed by atoms with van der Waals surface area (Å²) >= 11 is 0. The molecule has 128 valence electrons. The van der Waals surface area contributed by atoms with E-state index in [0.29, 0.717) is 19.5 Å². The first-order valence-electron chi connectivity index (χ1n) is 8.57. The van der Waals surface area contributed by atoms with Crippen LogP contribution in [0.1, 0.15) is 28.7 Å². The average molecular weight is 333 g/mol. The highest BCUT2D eigenvalue weighted by molar-refractivity contribution is 5.76. The summed E-state index contributed by atoms with van der Waals surface area (Å²) in [7, 11) is 0. The van der Waals surface area contributed by atoms with Gasteiger partial charge in [0.1, 0.15) is 0 Å². The Balaban J connectivity index is 1.53. The first-order valence-corrected chi connectivity index (χ1v) is 8.57. The first-order chi connectivity index (χ1) is 12.2. The van der Waals surface area contributed by atoms with Crippen molar-refractivity contribution < 1.29 is 4.79 Å². The number of nitrogens with one attached hydrogen (secondary N) is 1. The molecule has 3 aromatic rings. The maximum absolute atomic E-state index is 12.2. The number of hydrogen-bond acceptors (Lipinski definition) is 2. The third-order valence-electron chi connectivity index (χ3n) is 4.21. The largest absolute Gasteiger partial charge is 0.352 e. The topological polar surface area (TPSA) is 46.9 Å². The van der Waals surface area contributed by atoms with Crippen LogP contribution < -0.4 is 5.32 Å². The van der Waals surface area contributed by atoms with Gasteiger partial charge < -0.3 is 5.32 Å². The van der Waals surface area contributed by atoms with Gasteiger partial charge in [-0.1, -0.05) is 54.1 Å². The second-order valence-corrected chi connectivity index (χ2v) is 6.24. The zero-order chi connectivity index (χ0) is 17.5. The van der Waals surface area contributed by atoms with E-state index in [2.05, 4.69) is 47.7 Å². The summed E-state index contributed by atoms with van der Waals surface area (Å²) in [4.78, 5) is 12.2.